The fourth-order valence-electron chi connectivity index (χ4n) is 2.67. The first-order valence-electron chi connectivity index (χ1n) is 10.2. The zero-order valence-electron chi connectivity index (χ0n) is 18.5. The van der Waals surface area contributed by atoms with Crippen LogP contribution in [-0.4, -0.2) is 43.5 Å². The zero-order chi connectivity index (χ0) is 24.6. The minimum Gasteiger partial charge on any atom is -0.490 e. The number of anilines is 1. The van der Waals surface area contributed by atoms with Crippen molar-refractivity contribution < 1.29 is 22.7 Å². The molecule has 0 saturated heterocycles. The number of carbonyl (C=O) groups is 1. The monoisotopic (exact) mass is 498 g/mol. The van der Waals surface area contributed by atoms with Crippen LogP contribution in [0.15, 0.2) is 58.4 Å². The van der Waals surface area contributed by atoms with Gasteiger partial charge in [-0.3, -0.25) is 10.1 Å². The number of hydrogen-bond donors (Lipinski definition) is 1. The van der Waals surface area contributed by atoms with E-state index in [1.54, 1.807) is 24.3 Å². The van der Waals surface area contributed by atoms with Crippen LogP contribution < -0.4 is 14.8 Å². The highest BCUT2D eigenvalue weighted by atomic mass is 32.2. The van der Waals surface area contributed by atoms with Crippen molar-refractivity contribution in [1.82, 2.24) is 10.2 Å². The summed E-state index contributed by atoms with van der Waals surface area (Å²) >= 11 is 0.732. The molecule has 3 rings (SSSR count). The van der Waals surface area contributed by atoms with Crippen molar-refractivity contribution in [1.29, 1.82) is 5.26 Å². The van der Waals surface area contributed by atoms with Gasteiger partial charge in [-0.15, -0.1) is 10.2 Å². The average Bonchev–Trinajstić information content (AvgIpc) is 3.30. The van der Waals surface area contributed by atoms with Gasteiger partial charge in [0.15, 0.2) is 0 Å². The van der Waals surface area contributed by atoms with Gasteiger partial charge in [0.1, 0.15) is 36.4 Å². The Bertz CT molecular complexity index is 1330. The van der Waals surface area contributed by atoms with E-state index in [9.17, 15) is 18.5 Å². The summed E-state index contributed by atoms with van der Waals surface area (Å²) < 4.78 is 34.8. The molecule has 0 radical (unpaired) electrons. The van der Waals surface area contributed by atoms with Crippen molar-refractivity contribution >= 4 is 38.3 Å². The number of hydrogen-bond acceptors (Lipinski definition) is 9. The lowest BCUT2D eigenvalue weighted by atomic mass is 10.1. The Labute approximate surface area is 201 Å². The minimum atomic E-state index is -3.52. The van der Waals surface area contributed by atoms with Gasteiger partial charge in [0.25, 0.3) is 5.91 Å². The minimum absolute atomic E-state index is 0.00481. The molecular formula is C23H22N4O5S2. The van der Waals surface area contributed by atoms with E-state index in [1.165, 1.54) is 13.0 Å². The first-order chi connectivity index (χ1) is 16.3. The maximum Gasteiger partial charge on any atom is 0.268 e. The van der Waals surface area contributed by atoms with Crippen LogP contribution in [0.3, 0.4) is 0 Å². The van der Waals surface area contributed by atoms with E-state index < -0.39 is 15.7 Å². The number of rotatable bonds is 10. The number of amides is 1. The summed E-state index contributed by atoms with van der Waals surface area (Å²) in [6.07, 6.45) is 1.41. The van der Waals surface area contributed by atoms with Crippen LogP contribution in [0, 0.1) is 18.3 Å². The lowest BCUT2D eigenvalue weighted by Crippen LogP contribution is -2.13. The second-order valence-corrected chi connectivity index (χ2v) is 10.4. The van der Waals surface area contributed by atoms with Crippen molar-refractivity contribution in [2.24, 2.45) is 0 Å². The predicted molar refractivity (Wildman–Crippen MR) is 128 cm³/mol. The van der Waals surface area contributed by atoms with E-state index in [-0.39, 0.29) is 20.8 Å². The van der Waals surface area contributed by atoms with Crippen molar-refractivity contribution in [3.63, 3.8) is 0 Å². The maximum absolute atomic E-state index is 12.4. The molecule has 9 nitrogen and oxygen atoms in total. The number of nitrogens with zero attached hydrogens (tertiary/aromatic N) is 3. The topological polar surface area (TPSA) is 131 Å². The smallest absolute Gasteiger partial charge is 0.268 e. The fourth-order valence-corrected chi connectivity index (χ4v) is 4.66. The number of ether oxygens (including phenoxy) is 2. The van der Waals surface area contributed by atoms with Gasteiger partial charge in [0.2, 0.25) is 19.3 Å². The number of nitriles is 1. The number of benzene rings is 2. The van der Waals surface area contributed by atoms with Gasteiger partial charge >= 0.3 is 0 Å². The molecule has 3 aromatic rings. The number of nitrogens with one attached hydrogen (secondary N) is 1. The van der Waals surface area contributed by atoms with Crippen LogP contribution in [-0.2, 0) is 14.6 Å². The maximum atomic E-state index is 12.4. The second kappa shape index (κ2) is 11.4. The third kappa shape index (κ3) is 6.87. The fraction of sp³-hybridized carbons (Fsp3) is 0.217. The molecule has 0 aliphatic carbocycles. The van der Waals surface area contributed by atoms with Gasteiger partial charge in [-0.1, -0.05) is 42.5 Å². The molecule has 2 aromatic carbocycles. The number of aromatic nitrogens is 2. The SMILES string of the molecule is CCS(=O)(=O)c1nnc(NC(=O)/C(C#N)=C\c2ccc(OCCOc3cccc(C)c3)cc2)s1. The Morgan fingerprint density at radius 3 is 2.47 bits per heavy atom. The van der Waals surface area contributed by atoms with Gasteiger partial charge in [-0.05, 0) is 48.4 Å². The van der Waals surface area contributed by atoms with Gasteiger partial charge in [0.05, 0.1) is 5.75 Å². The highest BCUT2D eigenvalue weighted by Crippen LogP contribution is 2.22. The molecule has 34 heavy (non-hydrogen) atoms. The highest BCUT2D eigenvalue weighted by molar-refractivity contribution is 7.93. The van der Waals surface area contributed by atoms with E-state index in [1.807, 2.05) is 37.3 Å². The van der Waals surface area contributed by atoms with Gasteiger partial charge in [-0.2, -0.15) is 5.26 Å². The summed E-state index contributed by atoms with van der Waals surface area (Å²) in [6.45, 7) is 4.22. The van der Waals surface area contributed by atoms with Gasteiger partial charge < -0.3 is 9.47 Å². The molecule has 1 heterocycles. The number of aryl methyl sites for hydroxylation is 1. The molecule has 0 atom stereocenters. The average molecular weight is 499 g/mol. The summed E-state index contributed by atoms with van der Waals surface area (Å²) in [5.74, 6) is 0.556. The van der Waals surface area contributed by atoms with Crippen molar-refractivity contribution in [3.05, 3.63) is 65.2 Å². The van der Waals surface area contributed by atoms with Gasteiger partial charge in [-0.25, -0.2) is 8.42 Å². The summed E-state index contributed by atoms with van der Waals surface area (Å²) in [7, 11) is -3.52. The molecule has 176 valence electrons. The summed E-state index contributed by atoms with van der Waals surface area (Å²) in [4.78, 5) is 12.4. The van der Waals surface area contributed by atoms with Crippen LogP contribution in [0.1, 0.15) is 18.1 Å². The molecule has 0 aliphatic rings. The molecule has 0 aliphatic heterocycles. The Hall–Kier alpha value is -3.75. The molecule has 0 saturated carbocycles. The van der Waals surface area contributed by atoms with Crippen LogP contribution in [0.5, 0.6) is 11.5 Å². The Morgan fingerprint density at radius 1 is 1.12 bits per heavy atom. The largest absolute Gasteiger partial charge is 0.490 e. The van der Waals surface area contributed by atoms with Crippen molar-refractivity contribution in [2.75, 3.05) is 24.3 Å². The zero-order valence-corrected chi connectivity index (χ0v) is 20.1. The highest BCUT2D eigenvalue weighted by Gasteiger charge is 2.19. The second-order valence-electron chi connectivity index (χ2n) is 6.98. The first kappa shape index (κ1) is 24.9. The van der Waals surface area contributed by atoms with E-state index in [2.05, 4.69) is 15.5 Å². The molecule has 0 bridgehead atoms. The molecular weight excluding hydrogens is 476 g/mol. The Morgan fingerprint density at radius 2 is 1.82 bits per heavy atom. The lowest BCUT2D eigenvalue weighted by Gasteiger charge is -2.09. The van der Waals surface area contributed by atoms with Gasteiger partial charge in [0, 0.05) is 0 Å². The number of sulfone groups is 1. The molecule has 1 aromatic heterocycles. The molecule has 0 unspecified atom stereocenters. The quantitative estimate of drug-likeness (QED) is 0.194. The molecule has 0 fully saturated rings. The summed E-state index contributed by atoms with van der Waals surface area (Å²) in [5.41, 5.74) is 1.56. The molecule has 11 heteroatoms. The van der Waals surface area contributed by atoms with Crippen LogP contribution in [0.2, 0.25) is 0 Å². The van der Waals surface area contributed by atoms with Crippen molar-refractivity contribution in [3.8, 4) is 17.6 Å². The summed E-state index contributed by atoms with van der Waals surface area (Å²) in [5, 5.41) is 19.0. The standard InChI is InChI=1S/C23H22N4O5S2/c1-3-34(29,30)23-27-26-22(33-23)25-21(28)18(15-24)14-17-7-9-19(10-8-17)31-11-12-32-20-6-4-5-16(2)13-20/h4-10,13-14H,3,11-12H2,1-2H3,(H,25,26,28)/b18-14-. The van der Waals surface area contributed by atoms with Crippen molar-refractivity contribution in [2.45, 2.75) is 18.2 Å². The van der Waals surface area contributed by atoms with Crippen LogP contribution in [0.25, 0.3) is 6.08 Å². The Kier molecular flexibility index (Phi) is 8.34. The summed E-state index contributed by atoms with van der Waals surface area (Å²) in [6, 6.07) is 16.4. The van der Waals surface area contributed by atoms with Crippen LogP contribution in [0.4, 0.5) is 5.13 Å². The van der Waals surface area contributed by atoms with Crippen LogP contribution >= 0.6 is 11.3 Å². The molecule has 0 spiro atoms. The third-order valence-electron chi connectivity index (χ3n) is 4.44. The molecule has 1 amide bonds. The van der Waals surface area contributed by atoms with E-state index in [4.69, 9.17) is 9.47 Å². The Balaban J connectivity index is 1.55. The molecule has 1 N–H and O–H groups in total. The third-order valence-corrected chi connectivity index (χ3v) is 7.46. The normalized spacial score (nSPS) is 11.5. The predicted octanol–water partition coefficient (Wildman–Crippen LogP) is 3.64. The lowest BCUT2D eigenvalue weighted by molar-refractivity contribution is -0.112. The first-order valence-corrected chi connectivity index (χ1v) is 12.7. The number of carbonyl (C=O) groups excluding carboxylic acids is 1. The van der Waals surface area contributed by atoms with E-state index in [0.29, 0.717) is 24.5 Å². The van der Waals surface area contributed by atoms with E-state index >= 15 is 0 Å². The van der Waals surface area contributed by atoms with E-state index in [0.717, 1.165) is 22.6 Å².